The molecule has 0 spiro atoms. The molecule has 3 N–H and O–H groups in total. The molecule has 0 radical (unpaired) electrons. The van der Waals surface area contributed by atoms with Crippen molar-refractivity contribution in [2.24, 2.45) is 0 Å². The first-order valence-corrected chi connectivity index (χ1v) is 14.2. The zero-order valence-corrected chi connectivity index (χ0v) is 23.8. The van der Waals surface area contributed by atoms with Gasteiger partial charge in [-0.1, -0.05) is 30.3 Å². The van der Waals surface area contributed by atoms with Crippen molar-refractivity contribution in [3.8, 4) is 0 Å². The molecule has 0 saturated carbocycles. The number of alkyl halides is 3. The number of urea groups is 1. The summed E-state index contributed by atoms with van der Waals surface area (Å²) in [5.74, 6) is -3.46. The number of nitrogens with one attached hydrogen (secondary N) is 3. The first-order valence-electron chi connectivity index (χ1n) is 14.2. The number of para-hydroxylation sites is 1. The molecular weight excluding hydrogens is 581 g/mol. The Morgan fingerprint density at radius 1 is 0.886 bits per heavy atom. The van der Waals surface area contributed by atoms with Gasteiger partial charge < -0.3 is 30.3 Å². The van der Waals surface area contributed by atoms with Crippen molar-refractivity contribution in [3.63, 3.8) is 0 Å². The summed E-state index contributed by atoms with van der Waals surface area (Å²) in [7, 11) is 0. The SMILES string of the molecule is CC1CN(C(=O)c2ccccc2)CCN1C(=O)C(=O)c1c[nH]c2c(NC(=O)NC3CCN(C(=O)C(F)(F)F)CC3)cccc12. The zero-order chi connectivity index (χ0) is 31.6. The van der Waals surface area contributed by atoms with Crippen LogP contribution in [0.15, 0.2) is 54.7 Å². The molecule has 14 heteroatoms. The monoisotopic (exact) mass is 612 g/mol. The number of carbonyl (C=O) groups excluding carboxylic acids is 5. The molecule has 5 rings (SSSR count). The number of carbonyl (C=O) groups is 5. The van der Waals surface area contributed by atoms with E-state index < -0.39 is 41.9 Å². The van der Waals surface area contributed by atoms with Crippen LogP contribution in [0, 0.1) is 0 Å². The maximum absolute atomic E-state index is 13.3. The number of ketones is 1. The van der Waals surface area contributed by atoms with Gasteiger partial charge in [0, 0.05) is 62.0 Å². The Morgan fingerprint density at radius 3 is 2.25 bits per heavy atom. The number of nitrogens with zero attached hydrogens (tertiary/aromatic N) is 3. The summed E-state index contributed by atoms with van der Waals surface area (Å²) in [6.07, 6.45) is -3.21. The van der Waals surface area contributed by atoms with E-state index in [1.807, 2.05) is 6.07 Å². The lowest BCUT2D eigenvalue weighted by atomic mass is 10.0. The number of benzene rings is 2. The van der Waals surface area contributed by atoms with Gasteiger partial charge in [0.1, 0.15) is 0 Å². The van der Waals surface area contributed by atoms with Gasteiger partial charge in [-0.05, 0) is 38.0 Å². The second-order valence-corrected chi connectivity index (χ2v) is 10.9. The molecule has 2 aliphatic rings. The molecule has 0 bridgehead atoms. The first-order chi connectivity index (χ1) is 20.9. The molecule has 3 aromatic rings. The molecule has 2 aliphatic heterocycles. The van der Waals surface area contributed by atoms with Crippen LogP contribution in [0.5, 0.6) is 0 Å². The Kier molecular flexibility index (Phi) is 8.61. The van der Waals surface area contributed by atoms with Crippen LogP contribution in [0.1, 0.15) is 40.5 Å². The van der Waals surface area contributed by atoms with Crippen LogP contribution in [0.25, 0.3) is 10.9 Å². The number of anilines is 1. The Hall–Kier alpha value is -4.88. The average molecular weight is 613 g/mol. The van der Waals surface area contributed by atoms with Gasteiger partial charge in [0.05, 0.1) is 16.8 Å². The molecule has 11 nitrogen and oxygen atoms in total. The van der Waals surface area contributed by atoms with Crippen LogP contribution < -0.4 is 10.6 Å². The number of fused-ring (bicyclic) bond motifs is 1. The van der Waals surface area contributed by atoms with Gasteiger partial charge in [-0.2, -0.15) is 13.2 Å². The number of hydrogen-bond acceptors (Lipinski definition) is 5. The molecule has 3 heterocycles. The van der Waals surface area contributed by atoms with Crippen LogP contribution in [0.2, 0.25) is 0 Å². The highest BCUT2D eigenvalue weighted by Crippen LogP contribution is 2.27. The number of piperidine rings is 1. The second kappa shape index (κ2) is 12.4. The fraction of sp³-hybridized carbons (Fsp3) is 0.367. The Morgan fingerprint density at radius 2 is 1.59 bits per heavy atom. The van der Waals surface area contributed by atoms with Crippen molar-refractivity contribution in [1.29, 1.82) is 0 Å². The quantitative estimate of drug-likeness (QED) is 0.300. The normalized spacial score (nSPS) is 17.8. The molecule has 0 aliphatic carbocycles. The van der Waals surface area contributed by atoms with Crippen molar-refractivity contribution < 1.29 is 37.1 Å². The van der Waals surface area contributed by atoms with E-state index in [1.54, 1.807) is 54.3 Å². The summed E-state index contributed by atoms with van der Waals surface area (Å²) in [5, 5.41) is 5.82. The molecule has 2 aromatic carbocycles. The maximum atomic E-state index is 13.3. The van der Waals surface area contributed by atoms with Crippen molar-refractivity contribution >= 4 is 46.1 Å². The molecule has 1 aromatic heterocycles. The lowest BCUT2D eigenvalue weighted by molar-refractivity contribution is -0.186. The zero-order valence-electron chi connectivity index (χ0n) is 23.8. The van der Waals surface area contributed by atoms with E-state index in [1.165, 1.54) is 11.1 Å². The van der Waals surface area contributed by atoms with Crippen molar-refractivity contribution in [2.75, 3.05) is 38.0 Å². The van der Waals surface area contributed by atoms with Gasteiger partial charge in [0.25, 0.3) is 17.6 Å². The highest BCUT2D eigenvalue weighted by atomic mass is 19.4. The van der Waals surface area contributed by atoms with Gasteiger partial charge in [-0.15, -0.1) is 0 Å². The number of piperazine rings is 1. The molecule has 232 valence electrons. The predicted octanol–water partition coefficient (Wildman–Crippen LogP) is 3.40. The third-order valence-corrected chi connectivity index (χ3v) is 7.96. The topological polar surface area (TPSA) is 135 Å². The van der Waals surface area contributed by atoms with E-state index in [0.717, 1.165) is 4.90 Å². The van der Waals surface area contributed by atoms with E-state index in [-0.39, 0.29) is 57.0 Å². The number of likely N-dealkylation sites (tertiary alicyclic amines) is 1. The minimum atomic E-state index is -4.94. The van der Waals surface area contributed by atoms with Crippen molar-refractivity contribution in [3.05, 3.63) is 65.9 Å². The average Bonchev–Trinajstić information content (AvgIpc) is 3.45. The maximum Gasteiger partial charge on any atom is 0.471 e. The number of halogens is 3. The van der Waals surface area contributed by atoms with E-state index in [0.29, 0.717) is 22.2 Å². The summed E-state index contributed by atoms with van der Waals surface area (Å²) in [5.41, 5.74) is 1.43. The van der Waals surface area contributed by atoms with Crippen LogP contribution in [-0.2, 0) is 9.59 Å². The number of Topliss-reactive ketones (excluding diaryl/α,β-unsaturated/α-hetero) is 1. The number of amides is 5. The van der Waals surface area contributed by atoms with E-state index in [9.17, 15) is 37.1 Å². The molecule has 2 saturated heterocycles. The standard InChI is InChI=1S/C30H31F3N6O5/c1-18-17-38(26(41)19-6-3-2-4-7-19)14-15-39(18)27(42)25(40)22-16-34-24-21(22)8-5-9-23(24)36-29(44)35-20-10-12-37(13-11-20)28(43)30(31,32)33/h2-9,16,18,20,34H,10-15,17H2,1H3,(H2,35,36,44). The van der Waals surface area contributed by atoms with E-state index >= 15 is 0 Å². The lowest BCUT2D eigenvalue weighted by Gasteiger charge is -2.39. The molecule has 1 atom stereocenters. The fourth-order valence-corrected chi connectivity index (χ4v) is 5.65. The Bertz CT molecular complexity index is 1580. The number of aromatic amines is 1. The van der Waals surface area contributed by atoms with Gasteiger partial charge in [0.15, 0.2) is 0 Å². The summed E-state index contributed by atoms with van der Waals surface area (Å²) in [4.78, 5) is 70.4. The fourth-order valence-electron chi connectivity index (χ4n) is 5.65. The third kappa shape index (κ3) is 6.38. The van der Waals surface area contributed by atoms with Crippen LogP contribution >= 0.6 is 0 Å². The van der Waals surface area contributed by atoms with Crippen LogP contribution in [0.4, 0.5) is 23.7 Å². The predicted molar refractivity (Wildman–Crippen MR) is 154 cm³/mol. The van der Waals surface area contributed by atoms with Crippen molar-refractivity contribution in [2.45, 2.75) is 38.0 Å². The molecule has 5 amide bonds. The number of H-pyrrole nitrogens is 1. The second-order valence-electron chi connectivity index (χ2n) is 10.9. The minimum absolute atomic E-state index is 0.130. The molecule has 1 unspecified atom stereocenters. The lowest BCUT2D eigenvalue weighted by Crippen LogP contribution is -2.56. The Balaban J connectivity index is 1.19. The smallest absolute Gasteiger partial charge is 0.359 e. The van der Waals surface area contributed by atoms with E-state index in [2.05, 4.69) is 15.6 Å². The number of aromatic nitrogens is 1. The van der Waals surface area contributed by atoms with Gasteiger partial charge >= 0.3 is 18.1 Å². The summed E-state index contributed by atoms with van der Waals surface area (Å²) < 4.78 is 38.1. The minimum Gasteiger partial charge on any atom is -0.359 e. The van der Waals surface area contributed by atoms with Crippen LogP contribution in [-0.4, -0.2) is 100 Å². The molecule has 2 fully saturated rings. The summed E-state index contributed by atoms with van der Waals surface area (Å²) in [6.45, 7) is 2.28. The van der Waals surface area contributed by atoms with Gasteiger partial charge in [-0.3, -0.25) is 19.2 Å². The summed E-state index contributed by atoms with van der Waals surface area (Å²) in [6, 6.07) is 12.3. The van der Waals surface area contributed by atoms with Gasteiger partial charge in [-0.25, -0.2) is 4.79 Å². The highest BCUT2D eigenvalue weighted by molar-refractivity contribution is 6.45. The van der Waals surface area contributed by atoms with Crippen LogP contribution in [0.3, 0.4) is 0 Å². The number of hydrogen-bond donors (Lipinski definition) is 3. The molecular formula is C30H31F3N6O5. The largest absolute Gasteiger partial charge is 0.471 e. The Labute approximate surface area is 250 Å². The van der Waals surface area contributed by atoms with Gasteiger partial charge in [0.2, 0.25) is 0 Å². The van der Waals surface area contributed by atoms with Crippen molar-refractivity contribution in [1.82, 2.24) is 25.0 Å². The summed E-state index contributed by atoms with van der Waals surface area (Å²) >= 11 is 0. The molecule has 44 heavy (non-hydrogen) atoms. The third-order valence-electron chi connectivity index (χ3n) is 7.96. The van der Waals surface area contributed by atoms with E-state index in [4.69, 9.17) is 0 Å². The highest BCUT2D eigenvalue weighted by Gasteiger charge is 2.43. The first kappa shape index (κ1) is 30.6. The number of rotatable bonds is 5.